The first kappa shape index (κ1) is 27.6. The predicted octanol–water partition coefficient (Wildman–Crippen LogP) is 5.87. The number of rotatable bonds is 9. The molecule has 35 heavy (non-hydrogen) atoms. The van der Waals surface area contributed by atoms with E-state index in [0.29, 0.717) is 21.9 Å². The maximum atomic E-state index is 13.4. The van der Waals surface area contributed by atoms with Gasteiger partial charge in [-0.25, -0.2) is 13.8 Å². The van der Waals surface area contributed by atoms with Crippen LogP contribution in [0.5, 0.6) is 5.75 Å². The third-order valence-electron chi connectivity index (χ3n) is 4.70. The minimum atomic E-state index is -4.03. The summed E-state index contributed by atoms with van der Waals surface area (Å²) in [5.74, 6) is -0.0683. The summed E-state index contributed by atoms with van der Waals surface area (Å²) in [6.07, 6.45) is 1.41. The molecule has 0 aliphatic rings. The number of nitrogens with zero attached hydrogens (tertiary/aromatic N) is 2. The molecule has 0 unspecified atom stereocenters. The first-order chi connectivity index (χ1) is 16.6. The third kappa shape index (κ3) is 7.52. The van der Waals surface area contributed by atoms with E-state index >= 15 is 0 Å². The lowest BCUT2D eigenvalue weighted by atomic mass is 10.2. The molecule has 7 nitrogen and oxygen atoms in total. The van der Waals surface area contributed by atoms with Gasteiger partial charge in [-0.15, -0.1) is 0 Å². The Labute approximate surface area is 230 Å². The average molecular weight is 664 g/mol. The predicted molar refractivity (Wildman–Crippen MR) is 145 cm³/mol. The molecule has 0 heterocycles. The normalized spacial score (nSPS) is 11.7. The number of sulfonamides is 1. The van der Waals surface area contributed by atoms with Crippen LogP contribution in [0.3, 0.4) is 0 Å². The van der Waals surface area contributed by atoms with Crippen molar-refractivity contribution in [2.24, 2.45) is 5.10 Å². The Hall–Kier alpha value is -1.95. The van der Waals surface area contributed by atoms with Gasteiger partial charge < -0.3 is 4.74 Å². The zero-order valence-corrected chi connectivity index (χ0v) is 23.7. The van der Waals surface area contributed by atoms with Gasteiger partial charge in [0.1, 0.15) is 5.75 Å². The molecular formula is C23H19Br2Cl2N3O4S. The number of benzene rings is 3. The average Bonchev–Trinajstić information content (AvgIpc) is 2.81. The van der Waals surface area contributed by atoms with Crippen LogP contribution in [-0.4, -0.2) is 38.5 Å². The molecule has 0 atom stereocenters. The van der Waals surface area contributed by atoms with Crippen molar-refractivity contribution < 1.29 is 17.9 Å². The number of ether oxygens (including phenoxy) is 1. The van der Waals surface area contributed by atoms with Gasteiger partial charge in [-0.05, 0) is 60.2 Å². The van der Waals surface area contributed by atoms with Crippen LogP contribution in [-0.2, 0) is 21.4 Å². The van der Waals surface area contributed by atoms with Crippen LogP contribution in [0.4, 0.5) is 0 Å². The van der Waals surface area contributed by atoms with Crippen molar-refractivity contribution in [2.75, 3.05) is 13.7 Å². The van der Waals surface area contributed by atoms with Gasteiger partial charge in [0.2, 0.25) is 10.0 Å². The highest BCUT2D eigenvalue weighted by Gasteiger charge is 2.27. The molecule has 0 aliphatic heterocycles. The van der Waals surface area contributed by atoms with Crippen LogP contribution < -0.4 is 10.2 Å². The molecule has 0 spiro atoms. The van der Waals surface area contributed by atoms with E-state index in [1.807, 2.05) is 6.07 Å². The smallest absolute Gasteiger partial charge is 0.255 e. The largest absolute Gasteiger partial charge is 0.496 e. The van der Waals surface area contributed by atoms with Crippen LogP contribution in [0.1, 0.15) is 11.1 Å². The van der Waals surface area contributed by atoms with E-state index in [1.165, 1.54) is 25.5 Å². The summed E-state index contributed by atoms with van der Waals surface area (Å²) >= 11 is 18.7. The van der Waals surface area contributed by atoms with Gasteiger partial charge in [0, 0.05) is 21.1 Å². The van der Waals surface area contributed by atoms with Crippen LogP contribution >= 0.6 is 55.1 Å². The summed E-state index contributed by atoms with van der Waals surface area (Å²) in [6.45, 7) is -0.586. The van der Waals surface area contributed by atoms with E-state index < -0.39 is 22.5 Å². The zero-order valence-electron chi connectivity index (χ0n) is 18.2. The zero-order chi connectivity index (χ0) is 25.6. The Morgan fingerprint density at radius 3 is 2.37 bits per heavy atom. The Kier molecular flexibility index (Phi) is 9.74. The number of hydrogen-bond acceptors (Lipinski definition) is 5. The lowest BCUT2D eigenvalue weighted by molar-refractivity contribution is -0.121. The second kappa shape index (κ2) is 12.3. The number of amides is 1. The molecule has 1 amide bonds. The molecule has 0 aromatic heterocycles. The highest BCUT2D eigenvalue weighted by molar-refractivity contribution is 9.10. The molecule has 1 N–H and O–H groups in total. The number of nitrogens with one attached hydrogen (secondary N) is 1. The topological polar surface area (TPSA) is 88.1 Å². The molecule has 3 aromatic carbocycles. The van der Waals surface area contributed by atoms with Crippen LogP contribution in [0.15, 0.2) is 79.6 Å². The molecule has 0 saturated heterocycles. The van der Waals surface area contributed by atoms with E-state index in [0.717, 1.165) is 13.3 Å². The molecule has 3 rings (SSSR count). The minimum Gasteiger partial charge on any atom is -0.496 e. The number of methoxy groups -OCH3 is 1. The summed E-state index contributed by atoms with van der Waals surface area (Å²) in [7, 11) is -2.51. The first-order valence-corrected chi connectivity index (χ1v) is 13.7. The van der Waals surface area contributed by atoms with Crippen molar-refractivity contribution in [3.63, 3.8) is 0 Å². The van der Waals surface area contributed by atoms with E-state index in [-0.39, 0.29) is 16.5 Å². The molecule has 0 radical (unpaired) electrons. The number of hydrogen-bond donors (Lipinski definition) is 1. The van der Waals surface area contributed by atoms with Gasteiger partial charge in [-0.1, -0.05) is 61.1 Å². The van der Waals surface area contributed by atoms with Gasteiger partial charge in [0.15, 0.2) is 0 Å². The van der Waals surface area contributed by atoms with Crippen molar-refractivity contribution in [3.8, 4) is 5.75 Å². The van der Waals surface area contributed by atoms with Crippen molar-refractivity contribution in [1.82, 2.24) is 9.73 Å². The quantitative estimate of drug-likeness (QED) is 0.229. The van der Waals surface area contributed by atoms with Crippen molar-refractivity contribution in [1.29, 1.82) is 0 Å². The first-order valence-electron chi connectivity index (χ1n) is 9.95. The fourth-order valence-corrected chi connectivity index (χ4v) is 5.35. The van der Waals surface area contributed by atoms with Gasteiger partial charge in [0.05, 0.1) is 34.8 Å². The number of carbonyl (C=O) groups is 1. The van der Waals surface area contributed by atoms with Gasteiger partial charge in [-0.3, -0.25) is 4.79 Å². The van der Waals surface area contributed by atoms with Crippen molar-refractivity contribution >= 4 is 77.2 Å². The molecule has 0 bridgehead atoms. The van der Waals surface area contributed by atoms with Gasteiger partial charge >= 0.3 is 0 Å². The molecule has 184 valence electrons. The lowest BCUT2D eigenvalue weighted by Gasteiger charge is -2.22. The van der Waals surface area contributed by atoms with Crippen LogP contribution in [0, 0.1) is 0 Å². The Morgan fingerprint density at radius 1 is 1.03 bits per heavy atom. The Bertz CT molecular complexity index is 1350. The molecule has 0 saturated carbocycles. The number of halogens is 4. The van der Waals surface area contributed by atoms with Gasteiger partial charge in [0.25, 0.3) is 5.91 Å². The Balaban J connectivity index is 1.83. The maximum Gasteiger partial charge on any atom is 0.255 e. The minimum absolute atomic E-state index is 0.0379. The van der Waals surface area contributed by atoms with E-state index in [2.05, 4.69) is 42.4 Å². The summed E-state index contributed by atoms with van der Waals surface area (Å²) in [5.41, 5.74) is 3.56. The van der Waals surface area contributed by atoms with Crippen LogP contribution in [0.25, 0.3) is 0 Å². The number of hydrazone groups is 1. The molecule has 0 aliphatic carbocycles. The second-order valence-electron chi connectivity index (χ2n) is 7.15. The number of carbonyl (C=O) groups excluding carboxylic acids is 1. The Morgan fingerprint density at radius 2 is 1.71 bits per heavy atom. The summed E-state index contributed by atoms with van der Waals surface area (Å²) in [4.78, 5) is 12.7. The summed E-state index contributed by atoms with van der Waals surface area (Å²) in [6, 6.07) is 16.2. The third-order valence-corrected chi connectivity index (χ3v) is 8.27. The summed E-state index contributed by atoms with van der Waals surface area (Å²) < 4.78 is 34.6. The van der Waals surface area contributed by atoms with Gasteiger partial charge in [-0.2, -0.15) is 9.41 Å². The second-order valence-corrected chi connectivity index (χ2v) is 11.7. The fraction of sp³-hybridized carbons (Fsp3) is 0.130. The SMILES string of the molecule is COc1ccc(Br)cc1/C=N/NC(=O)CN(Cc1ccc(Cl)c(Cl)c1)S(=O)(=O)c1ccc(Br)cc1. The van der Waals surface area contributed by atoms with Crippen LogP contribution in [0.2, 0.25) is 10.0 Å². The lowest BCUT2D eigenvalue weighted by Crippen LogP contribution is -2.39. The standard InChI is InChI=1S/C23H19Br2Cl2N3O4S/c1-34-22-9-5-18(25)11-16(22)12-28-29-23(31)14-30(13-15-2-8-20(26)21(27)10-15)35(32,33)19-6-3-17(24)4-7-19/h2-12H,13-14H2,1H3,(H,29,31)/b28-12+. The van der Waals surface area contributed by atoms with E-state index in [1.54, 1.807) is 42.5 Å². The molecule has 3 aromatic rings. The molecule has 0 fully saturated rings. The monoisotopic (exact) mass is 661 g/mol. The highest BCUT2D eigenvalue weighted by Crippen LogP contribution is 2.26. The summed E-state index contributed by atoms with van der Waals surface area (Å²) in [5, 5.41) is 4.57. The maximum absolute atomic E-state index is 13.4. The molecule has 12 heteroatoms. The van der Waals surface area contributed by atoms with Crippen molar-refractivity contribution in [2.45, 2.75) is 11.4 Å². The van der Waals surface area contributed by atoms with Crippen molar-refractivity contribution in [3.05, 3.63) is 90.8 Å². The van der Waals surface area contributed by atoms with E-state index in [9.17, 15) is 13.2 Å². The van der Waals surface area contributed by atoms with E-state index in [4.69, 9.17) is 27.9 Å². The fourth-order valence-electron chi connectivity index (χ4n) is 3.00. The highest BCUT2D eigenvalue weighted by atomic mass is 79.9. The molecular weight excluding hydrogens is 645 g/mol.